The second-order valence-electron chi connectivity index (χ2n) is 5.15. The summed E-state index contributed by atoms with van der Waals surface area (Å²) >= 11 is 0. The average Bonchev–Trinajstić information content (AvgIpc) is 2.38. The van der Waals surface area contributed by atoms with Gasteiger partial charge in [0.05, 0.1) is 6.61 Å². The Bertz CT molecular complexity index is 396. The highest BCUT2D eigenvalue weighted by atomic mass is 16.5. The first-order valence-electron chi connectivity index (χ1n) is 7.36. The number of carbonyl (C=O) groups excluding carboxylic acids is 1. The molecule has 0 spiro atoms. The van der Waals surface area contributed by atoms with Gasteiger partial charge in [-0.15, -0.1) is 0 Å². The largest absolute Gasteiger partial charge is 0.493 e. The molecule has 0 aliphatic carbocycles. The van der Waals surface area contributed by atoms with Crippen LogP contribution in [0.5, 0.6) is 5.75 Å². The normalized spacial score (nSPS) is 10.5. The molecule has 0 saturated heterocycles. The van der Waals surface area contributed by atoms with Gasteiger partial charge in [0.15, 0.2) is 0 Å². The lowest BCUT2D eigenvalue weighted by molar-refractivity contribution is -0.117. The lowest BCUT2D eigenvalue weighted by Crippen LogP contribution is -1.99. The van der Waals surface area contributed by atoms with Crippen LogP contribution in [0.25, 0.3) is 0 Å². The van der Waals surface area contributed by atoms with Crippen molar-refractivity contribution in [2.45, 2.75) is 59.3 Å². The molecule has 2 heteroatoms. The zero-order valence-electron chi connectivity index (χ0n) is 12.5. The Kier molecular flexibility index (Phi) is 7.24. The van der Waals surface area contributed by atoms with Crippen LogP contribution < -0.4 is 4.74 Å². The molecular weight excluding hydrogens is 236 g/mol. The Balaban J connectivity index is 2.42. The molecule has 0 bridgehead atoms. The van der Waals surface area contributed by atoms with Crippen molar-refractivity contribution >= 4 is 5.78 Å². The molecule has 1 aromatic rings. The SMILES string of the molecule is CCCOc1cccc(CCCCCC(C)=O)c1C. The van der Waals surface area contributed by atoms with E-state index in [0.29, 0.717) is 5.78 Å². The van der Waals surface area contributed by atoms with Crippen LogP contribution in [0.15, 0.2) is 18.2 Å². The minimum absolute atomic E-state index is 0.297. The van der Waals surface area contributed by atoms with Crippen molar-refractivity contribution in [3.05, 3.63) is 29.3 Å². The monoisotopic (exact) mass is 262 g/mol. The lowest BCUT2D eigenvalue weighted by Gasteiger charge is -2.12. The van der Waals surface area contributed by atoms with E-state index < -0.39 is 0 Å². The Morgan fingerprint density at radius 2 is 2.00 bits per heavy atom. The summed E-state index contributed by atoms with van der Waals surface area (Å²) in [5.74, 6) is 1.31. The van der Waals surface area contributed by atoms with E-state index in [9.17, 15) is 4.79 Å². The first-order valence-corrected chi connectivity index (χ1v) is 7.36. The van der Waals surface area contributed by atoms with Crippen LogP contribution >= 0.6 is 0 Å². The van der Waals surface area contributed by atoms with Crippen LogP contribution in [0, 0.1) is 6.92 Å². The molecular formula is C17H26O2. The molecule has 0 heterocycles. The highest BCUT2D eigenvalue weighted by Crippen LogP contribution is 2.23. The fourth-order valence-corrected chi connectivity index (χ4v) is 2.17. The summed E-state index contributed by atoms with van der Waals surface area (Å²) < 4.78 is 5.74. The Hall–Kier alpha value is -1.31. The van der Waals surface area contributed by atoms with E-state index >= 15 is 0 Å². The summed E-state index contributed by atoms with van der Waals surface area (Å²) in [6, 6.07) is 6.30. The van der Waals surface area contributed by atoms with E-state index in [-0.39, 0.29) is 0 Å². The molecule has 106 valence electrons. The predicted molar refractivity (Wildman–Crippen MR) is 79.8 cm³/mol. The van der Waals surface area contributed by atoms with E-state index in [4.69, 9.17) is 4.74 Å². The molecule has 0 unspecified atom stereocenters. The number of hydrogen-bond acceptors (Lipinski definition) is 2. The summed E-state index contributed by atoms with van der Waals surface area (Å²) in [7, 11) is 0. The minimum atomic E-state index is 0.297. The Morgan fingerprint density at radius 1 is 1.21 bits per heavy atom. The minimum Gasteiger partial charge on any atom is -0.493 e. The first-order chi connectivity index (χ1) is 9.15. The van der Waals surface area contributed by atoms with Crippen molar-refractivity contribution in [1.82, 2.24) is 0 Å². The van der Waals surface area contributed by atoms with Gasteiger partial charge in [0.2, 0.25) is 0 Å². The maximum absolute atomic E-state index is 10.9. The lowest BCUT2D eigenvalue weighted by atomic mass is 10.0. The Labute approximate surface area is 117 Å². The third kappa shape index (κ3) is 5.91. The van der Waals surface area contributed by atoms with Crippen molar-refractivity contribution in [2.24, 2.45) is 0 Å². The molecule has 0 atom stereocenters. The molecule has 0 aliphatic heterocycles. The van der Waals surface area contributed by atoms with Gasteiger partial charge in [-0.1, -0.05) is 25.5 Å². The molecule has 0 aliphatic rings. The summed E-state index contributed by atoms with van der Waals surface area (Å²) in [6.07, 6.45) is 6.12. The van der Waals surface area contributed by atoms with Crippen molar-refractivity contribution in [3.8, 4) is 5.75 Å². The van der Waals surface area contributed by atoms with E-state index in [0.717, 1.165) is 50.9 Å². The van der Waals surface area contributed by atoms with Gasteiger partial charge >= 0.3 is 0 Å². The van der Waals surface area contributed by atoms with Gasteiger partial charge in [-0.05, 0) is 56.7 Å². The molecule has 1 aromatic carbocycles. The zero-order chi connectivity index (χ0) is 14.1. The van der Waals surface area contributed by atoms with E-state index in [1.54, 1.807) is 6.92 Å². The van der Waals surface area contributed by atoms with Crippen molar-refractivity contribution in [3.63, 3.8) is 0 Å². The molecule has 0 fully saturated rings. The van der Waals surface area contributed by atoms with Gasteiger partial charge in [-0.25, -0.2) is 0 Å². The second-order valence-corrected chi connectivity index (χ2v) is 5.15. The zero-order valence-corrected chi connectivity index (χ0v) is 12.5. The average molecular weight is 262 g/mol. The quantitative estimate of drug-likeness (QED) is 0.613. The highest BCUT2D eigenvalue weighted by Gasteiger charge is 2.04. The van der Waals surface area contributed by atoms with Crippen LogP contribution in [0.3, 0.4) is 0 Å². The first kappa shape index (κ1) is 15.7. The standard InChI is InChI=1S/C17H26O2/c1-4-13-19-17-12-8-11-16(15(17)3)10-7-5-6-9-14(2)18/h8,11-12H,4-7,9-10,13H2,1-3H3. The van der Waals surface area contributed by atoms with E-state index in [2.05, 4.69) is 26.0 Å². The summed E-state index contributed by atoms with van der Waals surface area (Å²) in [4.78, 5) is 10.9. The summed E-state index contributed by atoms with van der Waals surface area (Å²) in [5, 5.41) is 0. The van der Waals surface area contributed by atoms with Crippen LogP contribution in [-0.2, 0) is 11.2 Å². The number of Topliss-reactive ketones (excluding diaryl/α,β-unsaturated/α-hetero) is 1. The van der Waals surface area contributed by atoms with Crippen molar-refractivity contribution in [1.29, 1.82) is 0 Å². The fourth-order valence-electron chi connectivity index (χ4n) is 2.17. The van der Waals surface area contributed by atoms with Gasteiger partial charge in [-0.3, -0.25) is 0 Å². The molecule has 19 heavy (non-hydrogen) atoms. The number of benzene rings is 1. The molecule has 0 N–H and O–H groups in total. The number of carbonyl (C=O) groups is 1. The number of rotatable bonds is 9. The maximum atomic E-state index is 10.9. The third-order valence-electron chi connectivity index (χ3n) is 3.33. The molecule has 2 nitrogen and oxygen atoms in total. The molecule has 0 radical (unpaired) electrons. The van der Waals surface area contributed by atoms with Crippen molar-refractivity contribution < 1.29 is 9.53 Å². The van der Waals surface area contributed by atoms with Crippen LogP contribution in [0.1, 0.15) is 57.1 Å². The van der Waals surface area contributed by atoms with Crippen molar-refractivity contribution in [2.75, 3.05) is 6.61 Å². The molecule has 1 rings (SSSR count). The van der Waals surface area contributed by atoms with E-state index in [1.807, 2.05) is 6.07 Å². The smallest absolute Gasteiger partial charge is 0.129 e. The Morgan fingerprint density at radius 3 is 2.68 bits per heavy atom. The molecule has 0 amide bonds. The predicted octanol–water partition coefficient (Wildman–Crippen LogP) is 4.48. The highest BCUT2D eigenvalue weighted by molar-refractivity contribution is 5.75. The van der Waals surface area contributed by atoms with Gasteiger partial charge in [0, 0.05) is 6.42 Å². The van der Waals surface area contributed by atoms with Gasteiger partial charge < -0.3 is 9.53 Å². The van der Waals surface area contributed by atoms with E-state index in [1.165, 1.54) is 11.1 Å². The van der Waals surface area contributed by atoms with Gasteiger partial charge in [0.25, 0.3) is 0 Å². The topological polar surface area (TPSA) is 26.3 Å². The molecule has 0 aromatic heterocycles. The van der Waals surface area contributed by atoms with Crippen LogP contribution in [0.4, 0.5) is 0 Å². The number of ether oxygens (including phenoxy) is 1. The summed E-state index contributed by atoms with van der Waals surface area (Å²) in [5.41, 5.74) is 2.64. The fraction of sp³-hybridized carbons (Fsp3) is 0.588. The number of unbranched alkanes of at least 4 members (excludes halogenated alkanes) is 2. The maximum Gasteiger partial charge on any atom is 0.129 e. The summed E-state index contributed by atoms with van der Waals surface area (Å²) in [6.45, 7) is 6.70. The number of aryl methyl sites for hydroxylation is 1. The number of hydrogen-bond donors (Lipinski definition) is 0. The third-order valence-corrected chi connectivity index (χ3v) is 3.33. The second kappa shape index (κ2) is 8.73. The van der Waals surface area contributed by atoms with Crippen LogP contribution in [0.2, 0.25) is 0 Å². The molecule has 0 saturated carbocycles. The van der Waals surface area contributed by atoms with Gasteiger partial charge in [0.1, 0.15) is 11.5 Å². The number of ketones is 1. The van der Waals surface area contributed by atoms with Gasteiger partial charge in [-0.2, -0.15) is 0 Å². The van der Waals surface area contributed by atoms with Crippen LogP contribution in [-0.4, -0.2) is 12.4 Å².